The number of aliphatic hydroxyl groups is 3. The van der Waals surface area contributed by atoms with E-state index < -0.39 is 142 Å². The molecule has 0 spiro atoms. The van der Waals surface area contributed by atoms with Gasteiger partial charge in [-0.05, 0) is 77.7 Å². The fourth-order valence-electron chi connectivity index (χ4n) is 12.3. The summed E-state index contributed by atoms with van der Waals surface area (Å²) in [6, 6.07) is 16.7. The molecular weight excluding hydrogens is 1500 g/mol. The van der Waals surface area contributed by atoms with E-state index in [1.165, 1.54) is 24.0 Å². The van der Waals surface area contributed by atoms with E-state index >= 15 is 0 Å². The van der Waals surface area contributed by atoms with Crippen LogP contribution in [0.15, 0.2) is 81.8 Å². The summed E-state index contributed by atoms with van der Waals surface area (Å²) < 4.78 is 36.6. The number of nitrogens with zero attached hydrogens (tertiary/aromatic N) is 7. The number of benzene rings is 2. The second-order valence-electron chi connectivity index (χ2n) is 32.7. The first-order chi connectivity index (χ1) is 51.9. The smallest absolute Gasteiger partial charge is 0.870 e. The van der Waals surface area contributed by atoms with Gasteiger partial charge in [-0.15, -0.1) is 0 Å². The molecule has 8 heterocycles. The molecule has 6 aromatic rings. The molecule has 4 aliphatic rings. The number of ether oxygens (including phenoxy) is 5. The maximum atomic E-state index is 13.8. The number of methoxy groups -OCH3 is 2. The van der Waals surface area contributed by atoms with E-state index in [0.717, 1.165) is 32.9 Å². The van der Waals surface area contributed by atoms with Crippen molar-refractivity contribution in [1.29, 1.82) is 0 Å². The monoisotopic (exact) mass is 1610 g/mol. The summed E-state index contributed by atoms with van der Waals surface area (Å²) in [5, 5.41) is 66.5. The van der Waals surface area contributed by atoms with Crippen molar-refractivity contribution in [3.63, 3.8) is 0 Å². The average molecular weight is 1610 g/mol. The van der Waals surface area contributed by atoms with Crippen molar-refractivity contribution in [1.82, 2.24) is 56.2 Å². The Morgan fingerprint density at radius 2 is 0.930 bits per heavy atom. The number of halogens is 1. The Morgan fingerprint density at radius 1 is 0.544 bits per heavy atom. The van der Waals surface area contributed by atoms with Gasteiger partial charge in [-0.3, -0.25) is 24.0 Å². The van der Waals surface area contributed by atoms with Crippen LogP contribution in [0.5, 0.6) is 5.75 Å². The molecule has 0 aliphatic carbocycles. The minimum Gasteiger partial charge on any atom is -0.870 e. The van der Waals surface area contributed by atoms with Crippen molar-refractivity contribution in [3.05, 3.63) is 89.2 Å². The van der Waals surface area contributed by atoms with Gasteiger partial charge in [0.1, 0.15) is 82.0 Å². The predicted octanol–water partition coefficient (Wildman–Crippen LogP) is 4.52. The topological polar surface area (TPSA) is 484 Å². The Hall–Kier alpha value is -9.47. The van der Waals surface area contributed by atoms with Crippen molar-refractivity contribution in [2.45, 2.75) is 221 Å². The number of esters is 2. The van der Waals surface area contributed by atoms with Gasteiger partial charge in [0.15, 0.2) is 11.6 Å². The molecule has 4 fully saturated rings. The van der Waals surface area contributed by atoms with Gasteiger partial charge in [0.05, 0.1) is 55.5 Å². The number of fused-ring (bicyclic) bond motifs is 2. The quantitative estimate of drug-likeness (QED) is 0.0411. The third-order valence-electron chi connectivity index (χ3n) is 17.8. The number of β-amino-alcohol motifs (C(OH)–C–C–N with tert-alkyl or cyclic N) is 3. The molecule has 0 saturated carbocycles. The number of carbonyl (C=O) groups is 10. The molecule has 0 unspecified atom stereocenters. The van der Waals surface area contributed by atoms with Crippen molar-refractivity contribution >= 4 is 101 Å². The Labute approximate surface area is 680 Å². The summed E-state index contributed by atoms with van der Waals surface area (Å²) in [4.78, 5) is 134. The van der Waals surface area contributed by atoms with Gasteiger partial charge < -0.3 is 99.7 Å². The van der Waals surface area contributed by atoms with Gasteiger partial charge in [-0.25, -0.2) is 33.9 Å². The van der Waals surface area contributed by atoms with Gasteiger partial charge in [0.2, 0.25) is 36.7 Å². The van der Waals surface area contributed by atoms with E-state index in [0.29, 0.717) is 51.8 Å². The molecule has 4 aromatic heterocycles. The molecular formula is C77H106BClLiN11O23. The third kappa shape index (κ3) is 27.1. The number of aliphatic hydroxyl groups excluding tert-OH is 3. The SMILES string of the molecule is CC(C)(C)OC(=O)N[C@H](C(=O)N1C[C@H](O)C[C@H]1C(=O)O)C(C)(C)C.COC(=O)[C@@H]1C[C@@H](O)CN1.Cc1noc2c(Cl)cc(-c3ccccc3)nc12.Cc1noc2c(O[C@@H]3C[C@@H](C(=O)O)N(C(=O)[C@@H](NC(=O)OC(C)(C)C)C(C)(C)C)C3)cc(-c3ccccc3)nc12.[B]C(=O)N[C@H](C(=O)N1C[C@H](O)C[C@H]1C(=O)OC)C(C)(C)C.[Li+].[OH-]. The number of carboxylic acids is 2. The number of likely N-dealkylation sites (tertiary alicyclic amines) is 3. The molecule has 4 aliphatic heterocycles. The number of aliphatic carboxylic acids is 2. The van der Waals surface area contributed by atoms with Crippen molar-refractivity contribution in [2.24, 2.45) is 16.2 Å². The normalized spacial score (nSPS) is 20.1. The van der Waals surface area contributed by atoms with Crippen LogP contribution >= 0.6 is 11.6 Å². The summed E-state index contributed by atoms with van der Waals surface area (Å²) in [6.07, 6.45) is -3.65. The maximum Gasteiger partial charge on any atom is 1.00 e. The number of carbonyl (C=O) groups excluding carboxylic acids is 8. The summed E-state index contributed by atoms with van der Waals surface area (Å²) in [5.41, 5.74) is 3.37. The minimum absolute atomic E-state index is 0. The Morgan fingerprint density at radius 3 is 1.32 bits per heavy atom. The standard InChI is InChI=1S/C29H36N4O7.C16H28N2O6.C13H21BN2O5.C13H9ClN2O.C6H11NO3.Li.H2O/c1-16-22-23(40-32-16)21(14-19(30-22)17-11-9-8-10-12-17)38-18-13-20(26(35)36)33(15-18)25(34)24(28(2,3)4)31-27(37)39-29(5,6)7;1-15(2,3)11(17-14(23)24-16(4,5)6)12(20)18-8-9(19)7-10(18)13(21)22;1-13(2,3)9(15-12(14)20)10(18)16-6-7(17)5-8(16)11(19)21-4;1-8-12-13(17-16-8)10(14)7-11(15-12)9-5-3-2-4-6-9;1-10-6(9)5-2-4(8)3-7-5;;/h8-12,14,18,20,24H,13,15H2,1-7H3,(H,31,37)(H,35,36);9-11,19H,7-8H2,1-6H3,(H,17,23)(H,21,22);7-9,17H,5-6H2,1-4H3,(H,15,20);2-7H,1H3;4-5,7-8H,2-3H2,1H3;;1H2/q;;;;;+1;/p-1/t18-,20+,24-;9-,10+,11-;7-,8+,9-;;4-,5+;;/m111.1../s1. The molecule has 618 valence electrons. The molecule has 10 N–H and O–H groups in total. The van der Waals surface area contributed by atoms with E-state index in [4.69, 9.17) is 47.8 Å². The molecule has 11 atom stereocenters. The van der Waals surface area contributed by atoms with Gasteiger partial charge in [-0.1, -0.05) is 145 Å². The number of hydrogen-bond acceptors (Lipinski definition) is 26. The van der Waals surface area contributed by atoms with Crippen LogP contribution in [-0.4, -0.2) is 252 Å². The average Bonchev–Trinajstić information content (AvgIpc) is 1.61. The number of hydrogen-bond donors (Lipinski definition) is 9. The third-order valence-corrected chi connectivity index (χ3v) is 18.1. The van der Waals surface area contributed by atoms with E-state index in [1.54, 1.807) is 123 Å². The van der Waals surface area contributed by atoms with Crippen LogP contribution < -0.4 is 44.9 Å². The van der Waals surface area contributed by atoms with Crippen LogP contribution in [-0.2, 0) is 52.5 Å². The van der Waals surface area contributed by atoms with E-state index in [-0.39, 0.29) is 75.2 Å². The van der Waals surface area contributed by atoms with Gasteiger partial charge in [0.25, 0.3) is 0 Å². The zero-order valence-electron chi connectivity index (χ0n) is 68.1. The van der Waals surface area contributed by atoms with Crippen molar-refractivity contribution in [2.75, 3.05) is 40.4 Å². The van der Waals surface area contributed by atoms with Crippen LogP contribution in [0.2, 0.25) is 5.02 Å². The Balaban J connectivity index is 0.000000320. The molecule has 2 aromatic carbocycles. The van der Waals surface area contributed by atoms with E-state index in [9.17, 15) is 68.4 Å². The van der Waals surface area contributed by atoms with E-state index in [1.807, 2.05) is 67.6 Å². The van der Waals surface area contributed by atoms with Crippen molar-refractivity contribution < 1.29 is 131 Å². The fourth-order valence-corrected chi connectivity index (χ4v) is 12.5. The first-order valence-electron chi connectivity index (χ1n) is 36.3. The molecule has 34 nitrogen and oxygen atoms in total. The zero-order chi connectivity index (χ0) is 84.0. The summed E-state index contributed by atoms with van der Waals surface area (Å²) in [6.45, 7) is 30.3. The summed E-state index contributed by atoms with van der Waals surface area (Å²) >= 11 is 6.15. The number of aromatic nitrogens is 4. The molecule has 37 heteroatoms. The van der Waals surface area contributed by atoms with Gasteiger partial charge in [0, 0.05) is 62.5 Å². The molecule has 0 bridgehead atoms. The first kappa shape index (κ1) is 96.9. The molecule has 4 saturated heterocycles. The number of amides is 6. The number of aryl methyl sites for hydroxylation is 2. The van der Waals surface area contributed by atoms with Crippen LogP contribution in [0.25, 0.3) is 44.7 Å². The van der Waals surface area contributed by atoms with Gasteiger partial charge in [-0.2, -0.15) is 0 Å². The number of alkyl carbamates (subject to hydrolysis) is 2. The number of rotatable bonds is 14. The second-order valence-corrected chi connectivity index (χ2v) is 33.1. The van der Waals surface area contributed by atoms with Gasteiger partial charge >= 0.3 is 54.9 Å². The Bertz CT molecular complexity index is 4310. The minimum atomic E-state index is -1.18. The van der Waals surface area contributed by atoms with Crippen LogP contribution in [0.3, 0.4) is 0 Å². The molecule has 2 radical (unpaired) electrons. The number of pyridine rings is 2. The number of nitrogens with one attached hydrogen (secondary N) is 4. The van der Waals surface area contributed by atoms with Crippen LogP contribution in [0.1, 0.15) is 141 Å². The summed E-state index contributed by atoms with van der Waals surface area (Å²) in [7, 11) is 7.68. The Kier molecular flexibility index (Phi) is 34.6. The van der Waals surface area contributed by atoms with Crippen molar-refractivity contribution in [3.8, 4) is 28.3 Å². The van der Waals surface area contributed by atoms with Crippen LogP contribution in [0.4, 0.5) is 14.4 Å². The maximum absolute atomic E-state index is 13.8. The second kappa shape index (κ2) is 40.7. The predicted molar refractivity (Wildman–Crippen MR) is 412 cm³/mol. The zero-order valence-corrected chi connectivity index (χ0v) is 68.9. The van der Waals surface area contributed by atoms with E-state index in [2.05, 4.69) is 51.0 Å². The molecule has 6 amide bonds. The fraction of sp³-hybridized carbons (Fsp3) is 0.558. The van der Waals surface area contributed by atoms with Crippen LogP contribution in [0, 0.1) is 30.1 Å². The molecule has 10 rings (SSSR count). The largest absolute Gasteiger partial charge is 1.00 e. The molecule has 114 heavy (non-hydrogen) atoms. The number of carboxylic acid groups (broad SMARTS) is 2. The first-order valence-corrected chi connectivity index (χ1v) is 36.6. The summed E-state index contributed by atoms with van der Waals surface area (Å²) in [5.74, 6) is -5.23.